The quantitative estimate of drug-likeness (QED) is 0.796. The summed E-state index contributed by atoms with van der Waals surface area (Å²) in [7, 11) is 3.36. The van der Waals surface area contributed by atoms with Crippen LogP contribution in [-0.4, -0.2) is 20.1 Å². The summed E-state index contributed by atoms with van der Waals surface area (Å²) in [6.45, 7) is 4.07. The molecule has 1 aromatic carbocycles. The molecule has 4 heteroatoms. The lowest BCUT2D eigenvalue weighted by Gasteiger charge is -2.21. The Morgan fingerprint density at radius 2 is 2.00 bits per heavy atom. The molecule has 0 unspecified atom stereocenters. The van der Waals surface area contributed by atoms with Gasteiger partial charge in [-0.3, -0.25) is 10.2 Å². The molecule has 1 aliphatic carbocycles. The molecule has 0 aliphatic heterocycles. The van der Waals surface area contributed by atoms with Gasteiger partial charge in [-0.05, 0) is 43.9 Å². The molecule has 2 rings (SSSR count). The first kappa shape index (κ1) is 12.9. The predicted octanol–water partition coefficient (Wildman–Crippen LogP) is 1.59. The Labute approximate surface area is 108 Å². The number of ether oxygens (including phenoxy) is 1. The normalized spacial score (nSPS) is 16.2. The number of amides is 1. The Morgan fingerprint density at radius 1 is 1.33 bits per heavy atom. The molecule has 0 heterocycles. The maximum Gasteiger partial charge on any atom is 0.244 e. The minimum absolute atomic E-state index is 0.0234. The Kier molecular flexibility index (Phi) is 3.30. The minimum Gasteiger partial charge on any atom is -0.496 e. The Bertz CT molecular complexity index is 479. The summed E-state index contributed by atoms with van der Waals surface area (Å²) in [5.41, 5.74) is 8.30. The molecule has 4 nitrogen and oxygen atoms in total. The van der Waals surface area contributed by atoms with Gasteiger partial charge in [-0.15, -0.1) is 0 Å². The van der Waals surface area contributed by atoms with Gasteiger partial charge in [0, 0.05) is 12.6 Å². The zero-order valence-electron chi connectivity index (χ0n) is 11.4. The maximum absolute atomic E-state index is 12.2. The molecular formula is C14H20N2O2. The van der Waals surface area contributed by atoms with Crippen LogP contribution in [0.4, 0.5) is 0 Å². The number of carbonyl (C=O) groups is 1. The summed E-state index contributed by atoms with van der Waals surface area (Å²) in [6.07, 6.45) is 1.75. The van der Waals surface area contributed by atoms with Gasteiger partial charge in [-0.25, -0.2) is 5.43 Å². The molecule has 1 aromatic rings. The van der Waals surface area contributed by atoms with E-state index in [4.69, 9.17) is 4.74 Å². The van der Waals surface area contributed by atoms with Gasteiger partial charge in [0.2, 0.25) is 5.91 Å². The molecule has 1 fully saturated rings. The van der Waals surface area contributed by atoms with Crippen molar-refractivity contribution in [2.24, 2.45) is 0 Å². The Hall–Kier alpha value is -1.55. The number of benzene rings is 1. The van der Waals surface area contributed by atoms with Crippen LogP contribution in [-0.2, 0) is 10.2 Å². The van der Waals surface area contributed by atoms with E-state index in [2.05, 4.69) is 16.9 Å². The number of nitrogens with one attached hydrogen (secondary N) is 2. The van der Waals surface area contributed by atoms with E-state index in [1.807, 2.05) is 19.9 Å². The first-order valence-electron chi connectivity index (χ1n) is 6.18. The molecular weight excluding hydrogens is 228 g/mol. The largest absolute Gasteiger partial charge is 0.496 e. The molecule has 0 radical (unpaired) electrons. The molecule has 1 saturated carbocycles. The molecule has 1 aliphatic rings. The summed E-state index contributed by atoms with van der Waals surface area (Å²) in [4.78, 5) is 12.2. The number of hydrogen-bond donors (Lipinski definition) is 2. The lowest BCUT2D eigenvalue weighted by atomic mass is 9.89. The van der Waals surface area contributed by atoms with Crippen LogP contribution in [0.25, 0.3) is 0 Å². The van der Waals surface area contributed by atoms with E-state index < -0.39 is 5.41 Å². The summed E-state index contributed by atoms with van der Waals surface area (Å²) < 4.78 is 5.46. The third-order valence-electron chi connectivity index (χ3n) is 3.57. The van der Waals surface area contributed by atoms with Crippen LogP contribution in [0.2, 0.25) is 0 Å². The predicted molar refractivity (Wildman–Crippen MR) is 70.6 cm³/mol. The molecule has 0 atom stereocenters. The highest BCUT2D eigenvalue weighted by atomic mass is 16.5. The first-order valence-corrected chi connectivity index (χ1v) is 6.18. The third-order valence-corrected chi connectivity index (χ3v) is 3.57. The molecule has 0 spiro atoms. The van der Waals surface area contributed by atoms with Crippen LogP contribution in [0.1, 0.15) is 29.5 Å². The van der Waals surface area contributed by atoms with Crippen LogP contribution >= 0.6 is 0 Å². The fourth-order valence-corrected chi connectivity index (χ4v) is 2.65. The Morgan fingerprint density at radius 3 is 2.50 bits per heavy atom. The standard InChI is InChI=1S/C14H20N2O2/c1-9-7-10(2)12(11(8-9)18-4)14(5-6-14)13(17)16-15-3/h7-8,15H,5-6H2,1-4H3,(H,16,17). The highest BCUT2D eigenvalue weighted by molar-refractivity contribution is 5.92. The topological polar surface area (TPSA) is 50.4 Å². The zero-order valence-corrected chi connectivity index (χ0v) is 11.4. The first-order chi connectivity index (χ1) is 8.55. The van der Waals surface area contributed by atoms with Gasteiger partial charge in [0.05, 0.1) is 12.5 Å². The van der Waals surface area contributed by atoms with Crippen molar-refractivity contribution in [1.82, 2.24) is 10.9 Å². The van der Waals surface area contributed by atoms with Gasteiger partial charge in [-0.1, -0.05) is 6.07 Å². The average molecular weight is 248 g/mol. The smallest absolute Gasteiger partial charge is 0.244 e. The fourth-order valence-electron chi connectivity index (χ4n) is 2.65. The SMILES string of the molecule is CNNC(=O)C1(c2c(C)cc(C)cc2OC)CC1. The van der Waals surface area contributed by atoms with Crippen molar-refractivity contribution in [3.8, 4) is 5.75 Å². The summed E-state index contributed by atoms with van der Waals surface area (Å²) in [5.74, 6) is 0.839. The molecule has 1 amide bonds. The van der Waals surface area contributed by atoms with Crippen LogP contribution in [0, 0.1) is 13.8 Å². The lowest BCUT2D eigenvalue weighted by molar-refractivity contribution is -0.124. The second-order valence-electron chi connectivity index (χ2n) is 4.95. The van der Waals surface area contributed by atoms with Gasteiger partial charge in [0.15, 0.2) is 0 Å². The van der Waals surface area contributed by atoms with Crippen molar-refractivity contribution in [2.75, 3.05) is 14.2 Å². The van der Waals surface area contributed by atoms with Crippen molar-refractivity contribution in [1.29, 1.82) is 0 Å². The van der Waals surface area contributed by atoms with Crippen LogP contribution in [0.5, 0.6) is 5.75 Å². The number of rotatable bonds is 4. The second kappa shape index (κ2) is 4.61. The highest BCUT2D eigenvalue weighted by Crippen LogP contribution is 2.52. The van der Waals surface area contributed by atoms with Crippen LogP contribution < -0.4 is 15.6 Å². The van der Waals surface area contributed by atoms with Crippen LogP contribution in [0.3, 0.4) is 0 Å². The second-order valence-corrected chi connectivity index (χ2v) is 4.95. The maximum atomic E-state index is 12.2. The molecule has 0 bridgehead atoms. The van der Waals surface area contributed by atoms with Crippen molar-refractivity contribution in [3.05, 3.63) is 28.8 Å². The van der Waals surface area contributed by atoms with Gasteiger partial charge < -0.3 is 4.74 Å². The number of hydrogen-bond acceptors (Lipinski definition) is 3. The number of aryl methyl sites for hydroxylation is 2. The molecule has 0 saturated heterocycles. The summed E-state index contributed by atoms with van der Waals surface area (Å²) >= 11 is 0. The average Bonchev–Trinajstić information content (AvgIpc) is 3.09. The highest BCUT2D eigenvalue weighted by Gasteiger charge is 2.53. The number of carbonyl (C=O) groups excluding carboxylic acids is 1. The van der Waals surface area contributed by atoms with Crippen molar-refractivity contribution in [2.45, 2.75) is 32.1 Å². The van der Waals surface area contributed by atoms with Gasteiger partial charge in [0.1, 0.15) is 5.75 Å². The van der Waals surface area contributed by atoms with Gasteiger partial charge >= 0.3 is 0 Å². The molecule has 98 valence electrons. The van der Waals surface area contributed by atoms with Crippen molar-refractivity contribution >= 4 is 5.91 Å². The van der Waals surface area contributed by atoms with E-state index in [0.717, 1.165) is 35.3 Å². The Balaban J connectivity index is 2.48. The third kappa shape index (κ3) is 1.97. The van der Waals surface area contributed by atoms with E-state index in [9.17, 15) is 4.79 Å². The van der Waals surface area contributed by atoms with Gasteiger partial charge in [0.25, 0.3) is 0 Å². The molecule has 18 heavy (non-hydrogen) atoms. The van der Waals surface area contributed by atoms with Gasteiger partial charge in [-0.2, -0.15) is 0 Å². The van der Waals surface area contributed by atoms with Crippen molar-refractivity contribution < 1.29 is 9.53 Å². The van der Waals surface area contributed by atoms with E-state index in [-0.39, 0.29) is 5.91 Å². The molecule has 2 N–H and O–H groups in total. The number of hydrazine groups is 1. The monoisotopic (exact) mass is 248 g/mol. The van der Waals surface area contributed by atoms with Crippen LogP contribution in [0.15, 0.2) is 12.1 Å². The zero-order chi connectivity index (χ0) is 13.3. The summed E-state index contributed by atoms with van der Waals surface area (Å²) in [5, 5.41) is 0. The summed E-state index contributed by atoms with van der Waals surface area (Å²) in [6, 6.07) is 4.10. The van der Waals surface area contributed by atoms with E-state index in [1.165, 1.54) is 0 Å². The lowest BCUT2D eigenvalue weighted by Crippen LogP contribution is -2.42. The fraction of sp³-hybridized carbons (Fsp3) is 0.500. The van der Waals surface area contributed by atoms with Crippen molar-refractivity contribution in [3.63, 3.8) is 0 Å². The van der Waals surface area contributed by atoms with E-state index >= 15 is 0 Å². The minimum atomic E-state index is -0.411. The van der Waals surface area contributed by atoms with E-state index in [1.54, 1.807) is 14.2 Å². The molecule has 0 aromatic heterocycles. The van der Waals surface area contributed by atoms with E-state index in [0.29, 0.717) is 0 Å². The number of methoxy groups -OCH3 is 1.